The van der Waals surface area contributed by atoms with E-state index in [1.807, 2.05) is 6.92 Å². The van der Waals surface area contributed by atoms with Crippen molar-refractivity contribution in [1.29, 1.82) is 0 Å². The largest absolute Gasteiger partial charge is 0.494 e. The Morgan fingerprint density at radius 3 is 2.43 bits per heavy atom. The summed E-state index contributed by atoms with van der Waals surface area (Å²) in [7, 11) is 1.41. The molecule has 1 N–H and O–H groups in total. The van der Waals surface area contributed by atoms with Gasteiger partial charge in [0.1, 0.15) is 0 Å². The fraction of sp³-hybridized carbons (Fsp3) is 0.200. The normalized spacial score (nSPS) is 11.8. The molecule has 0 spiro atoms. The maximum atomic E-state index is 13.6. The molecule has 5 nitrogen and oxygen atoms in total. The summed E-state index contributed by atoms with van der Waals surface area (Å²) in [5, 5.41) is 13.7. The molecule has 0 aliphatic carbocycles. The molecule has 0 bridgehead atoms. The first kappa shape index (κ1) is 14.8. The molecule has 0 aromatic heterocycles. The van der Waals surface area contributed by atoms with E-state index in [0.29, 0.717) is 5.69 Å². The van der Waals surface area contributed by atoms with E-state index in [4.69, 9.17) is 4.74 Å². The van der Waals surface area contributed by atoms with Crippen LogP contribution in [0.4, 0.5) is 15.8 Å². The smallest absolute Gasteiger partial charge is 0.269 e. The molecule has 0 radical (unpaired) electrons. The number of rotatable bonds is 5. The number of nitro groups is 1. The molecule has 0 amide bonds. The summed E-state index contributed by atoms with van der Waals surface area (Å²) < 4.78 is 18.5. The van der Waals surface area contributed by atoms with Gasteiger partial charge in [-0.25, -0.2) is 4.39 Å². The lowest BCUT2D eigenvalue weighted by atomic mass is 10.1. The van der Waals surface area contributed by atoms with E-state index < -0.39 is 10.7 Å². The number of ether oxygens (including phenoxy) is 1. The van der Waals surface area contributed by atoms with Gasteiger partial charge in [0.05, 0.1) is 12.0 Å². The van der Waals surface area contributed by atoms with Crippen molar-refractivity contribution < 1.29 is 14.1 Å². The Labute approximate surface area is 121 Å². The molecule has 2 aromatic carbocycles. The Morgan fingerprint density at radius 2 is 1.90 bits per heavy atom. The second-order valence-electron chi connectivity index (χ2n) is 4.56. The standard InChI is InChI=1S/C15H15FN2O3/c1-10(11-3-6-13(7-4-11)18(19)20)17-12-5-8-15(21-2)14(16)9-12/h3-10,17H,1-2H3. The summed E-state index contributed by atoms with van der Waals surface area (Å²) in [4.78, 5) is 10.2. The average molecular weight is 290 g/mol. The third-order valence-corrected chi connectivity index (χ3v) is 3.14. The van der Waals surface area contributed by atoms with Gasteiger partial charge in [0.25, 0.3) is 5.69 Å². The molecule has 2 rings (SSSR count). The molecule has 1 unspecified atom stereocenters. The maximum absolute atomic E-state index is 13.6. The molecule has 1 atom stereocenters. The molecule has 21 heavy (non-hydrogen) atoms. The molecule has 0 fully saturated rings. The number of anilines is 1. The van der Waals surface area contributed by atoms with Gasteiger partial charge in [0.15, 0.2) is 11.6 Å². The maximum Gasteiger partial charge on any atom is 0.269 e. The SMILES string of the molecule is COc1ccc(NC(C)c2ccc([N+](=O)[O-])cc2)cc1F. The van der Waals surface area contributed by atoms with Crippen LogP contribution in [0.1, 0.15) is 18.5 Å². The molecule has 110 valence electrons. The molecular weight excluding hydrogens is 275 g/mol. The Morgan fingerprint density at radius 1 is 1.24 bits per heavy atom. The number of nitrogens with zero attached hydrogens (tertiary/aromatic N) is 1. The highest BCUT2D eigenvalue weighted by atomic mass is 19.1. The summed E-state index contributed by atoms with van der Waals surface area (Å²) in [6, 6.07) is 10.7. The lowest BCUT2D eigenvalue weighted by Gasteiger charge is -2.16. The lowest BCUT2D eigenvalue weighted by molar-refractivity contribution is -0.384. The van der Waals surface area contributed by atoms with Gasteiger partial charge in [0.2, 0.25) is 0 Å². The first-order chi connectivity index (χ1) is 10.0. The molecule has 6 heteroatoms. The zero-order valence-electron chi connectivity index (χ0n) is 11.7. The first-order valence-corrected chi connectivity index (χ1v) is 6.35. The van der Waals surface area contributed by atoms with E-state index in [0.717, 1.165) is 5.56 Å². The molecule has 0 saturated heterocycles. The summed E-state index contributed by atoms with van der Waals surface area (Å²) in [6.45, 7) is 1.89. The van der Waals surface area contributed by atoms with Crippen LogP contribution in [-0.2, 0) is 0 Å². The van der Waals surface area contributed by atoms with Crippen molar-refractivity contribution in [2.24, 2.45) is 0 Å². The van der Waals surface area contributed by atoms with Crippen LogP contribution in [0.3, 0.4) is 0 Å². The number of nitro benzene ring substituents is 1. The minimum absolute atomic E-state index is 0.0430. The molecule has 2 aromatic rings. The molecule has 0 heterocycles. The van der Waals surface area contributed by atoms with Crippen molar-refractivity contribution in [3.63, 3.8) is 0 Å². The van der Waals surface area contributed by atoms with Crippen LogP contribution in [0.25, 0.3) is 0 Å². The Balaban J connectivity index is 2.12. The quantitative estimate of drug-likeness (QED) is 0.669. The van der Waals surface area contributed by atoms with Gasteiger partial charge in [-0.05, 0) is 24.6 Å². The number of non-ortho nitro benzene ring substituents is 1. The number of hydrogen-bond donors (Lipinski definition) is 1. The van der Waals surface area contributed by atoms with Crippen LogP contribution in [0.15, 0.2) is 42.5 Å². The van der Waals surface area contributed by atoms with Crippen molar-refractivity contribution in [3.05, 3.63) is 64.0 Å². The third-order valence-electron chi connectivity index (χ3n) is 3.14. The van der Waals surface area contributed by atoms with E-state index >= 15 is 0 Å². The van der Waals surface area contributed by atoms with Crippen molar-refractivity contribution in [2.45, 2.75) is 13.0 Å². The van der Waals surface area contributed by atoms with Crippen LogP contribution < -0.4 is 10.1 Å². The highest BCUT2D eigenvalue weighted by molar-refractivity contribution is 5.49. The second kappa shape index (κ2) is 6.21. The highest BCUT2D eigenvalue weighted by Gasteiger charge is 2.10. The van der Waals surface area contributed by atoms with Crippen LogP contribution in [0.2, 0.25) is 0 Å². The fourth-order valence-corrected chi connectivity index (χ4v) is 1.97. The van der Waals surface area contributed by atoms with Gasteiger partial charge < -0.3 is 10.1 Å². The fourth-order valence-electron chi connectivity index (χ4n) is 1.97. The molecule has 0 aliphatic rings. The Bertz CT molecular complexity index is 644. The van der Waals surface area contributed by atoms with E-state index in [-0.39, 0.29) is 17.5 Å². The second-order valence-corrected chi connectivity index (χ2v) is 4.56. The van der Waals surface area contributed by atoms with Gasteiger partial charge in [-0.15, -0.1) is 0 Å². The number of hydrogen-bond acceptors (Lipinski definition) is 4. The topological polar surface area (TPSA) is 64.4 Å². The number of halogens is 1. The molecule has 0 aliphatic heterocycles. The Kier molecular flexibility index (Phi) is 4.37. The van der Waals surface area contributed by atoms with Gasteiger partial charge in [0, 0.05) is 29.9 Å². The number of methoxy groups -OCH3 is 1. The van der Waals surface area contributed by atoms with Crippen molar-refractivity contribution in [2.75, 3.05) is 12.4 Å². The van der Waals surface area contributed by atoms with E-state index in [1.54, 1.807) is 24.3 Å². The Hall–Kier alpha value is -2.63. The summed E-state index contributed by atoms with van der Waals surface area (Å²) in [5.41, 5.74) is 1.53. The predicted molar refractivity (Wildman–Crippen MR) is 78.1 cm³/mol. The number of nitrogens with one attached hydrogen (secondary N) is 1. The van der Waals surface area contributed by atoms with Gasteiger partial charge in [-0.2, -0.15) is 0 Å². The zero-order chi connectivity index (χ0) is 15.4. The average Bonchev–Trinajstić information content (AvgIpc) is 2.47. The number of benzene rings is 2. The lowest BCUT2D eigenvalue weighted by Crippen LogP contribution is -2.07. The van der Waals surface area contributed by atoms with Gasteiger partial charge in [-0.3, -0.25) is 10.1 Å². The van der Waals surface area contributed by atoms with Crippen LogP contribution in [0, 0.1) is 15.9 Å². The molecular formula is C15H15FN2O3. The van der Waals surface area contributed by atoms with Crippen LogP contribution >= 0.6 is 0 Å². The minimum Gasteiger partial charge on any atom is -0.494 e. The van der Waals surface area contributed by atoms with Gasteiger partial charge in [-0.1, -0.05) is 12.1 Å². The van der Waals surface area contributed by atoms with E-state index in [9.17, 15) is 14.5 Å². The predicted octanol–water partition coefficient (Wildman–Crippen LogP) is 3.92. The summed E-state index contributed by atoms with van der Waals surface area (Å²) in [5.74, 6) is -0.262. The van der Waals surface area contributed by atoms with E-state index in [2.05, 4.69) is 5.32 Å². The van der Waals surface area contributed by atoms with Gasteiger partial charge >= 0.3 is 0 Å². The van der Waals surface area contributed by atoms with E-state index in [1.165, 1.54) is 25.3 Å². The van der Waals surface area contributed by atoms with Crippen molar-refractivity contribution in [1.82, 2.24) is 0 Å². The highest BCUT2D eigenvalue weighted by Crippen LogP contribution is 2.25. The van der Waals surface area contributed by atoms with Crippen LogP contribution in [-0.4, -0.2) is 12.0 Å². The minimum atomic E-state index is -0.446. The summed E-state index contributed by atoms with van der Waals surface area (Å²) >= 11 is 0. The monoisotopic (exact) mass is 290 g/mol. The first-order valence-electron chi connectivity index (χ1n) is 6.35. The van der Waals surface area contributed by atoms with Crippen molar-refractivity contribution >= 4 is 11.4 Å². The van der Waals surface area contributed by atoms with Crippen LogP contribution in [0.5, 0.6) is 5.75 Å². The van der Waals surface area contributed by atoms with Crippen molar-refractivity contribution in [3.8, 4) is 5.75 Å². The third kappa shape index (κ3) is 3.47. The zero-order valence-corrected chi connectivity index (χ0v) is 11.7. The molecule has 0 saturated carbocycles. The summed E-state index contributed by atoms with van der Waals surface area (Å²) in [6.07, 6.45) is 0.